The predicted molar refractivity (Wildman–Crippen MR) is 90.9 cm³/mol. The van der Waals surface area contributed by atoms with Crippen molar-refractivity contribution in [1.82, 2.24) is 30.0 Å². The fraction of sp³-hybridized carbons (Fsp3) is 0.235. The molecule has 0 bridgehead atoms. The maximum Gasteiger partial charge on any atom is 0.226 e. The molecule has 0 atom stereocenters. The van der Waals surface area contributed by atoms with Crippen LogP contribution < -0.4 is 10.2 Å². The Morgan fingerprint density at radius 2 is 1.96 bits per heavy atom. The summed E-state index contributed by atoms with van der Waals surface area (Å²) in [6.45, 7) is 1.00. The molecule has 1 aliphatic heterocycles. The molecule has 2 aromatic heterocycles. The molecule has 0 spiro atoms. The molecule has 138 valence electrons. The van der Waals surface area contributed by atoms with Gasteiger partial charge in [0, 0.05) is 37.3 Å². The summed E-state index contributed by atoms with van der Waals surface area (Å²) in [6.07, 6.45) is 4.37. The minimum atomic E-state index is -0.674. The van der Waals surface area contributed by atoms with Gasteiger partial charge in [0.05, 0.1) is 5.92 Å². The van der Waals surface area contributed by atoms with E-state index in [1.54, 1.807) is 6.07 Å². The summed E-state index contributed by atoms with van der Waals surface area (Å²) in [4.78, 5) is 26.4. The Balaban J connectivity index is 1.33. The van der Waals surface area contributed by atoms with Gasteiger partial charge in [0.2, 0.25) is 5.91 Å². The average molecular weight is 371 g/mol. The largest absolute Gasteiger partial charge is 0.355 e. The SMILES string of the molecule is O=C(NCc1ccc(F)cc1F)C1CN(c2cc(-n3cncn3)ncn2)C1. The van der Waals surface area contributed by atoms with Gasteiger partial charge in [0.15, 0.2) is 5.82 Å². The van der Waals surface area contributed by atoms with E-state index in [0.29, 0.717) is 24.7 Å². The zero-order chi connectivity index (χ0) is 18.8. The van der Waals surface area contributed by atoms with Crippen LogP contribution in [0.1, 0.15) is 5.56 Å². The van der Waals surface area contributed by atoms with Gasteiger partial charge in [-0.2, -0.15) is 5.10 Å². The van der Waals surface area contributed by atoms with Crippen LogP contribution in [0.2, 0.25) is 0 Å². The summed E-state index contributed by atoms with van der Waals surface area (Å²) in [5.41, 5.74) is 0.245. The highest BCUT2D eigenvalue weighted by atomic mass is 19.1. The van der Waals surface area contributed by atoms with E-state index in [1.807, 2.05) is 4.90 Å². The second-order valence-electron chi connectivity index (χ2n) is 6.13. The highest BCUT2D eigenvalue weighted by molar-refractivity contribution is 5.81. The molecule has 1 saturated heterocycles. The summed E-state index contributed by atoms with van der Waals surface area (Å²) in [6, 6.07) is 5.05. The highest BCUT2D eigenvalue weighted by Crippen LogP contribution is 2.23. The van der Waals surface area contributed by atoms with Crippen LogP contribution in [0.3, 0.4) is 0 Å². The molecule has 0 radical (unpaired) electrons. The van der Waals surface area contributed by atoms with Crippen LogP contribution in [0.25, 0.3) is 5.82 Å². The fourth-order valence-corrected chi connectivity index (χ4v) is 2.79. The Hall–Kier alpha value is -3.43. The summed E-state index contributed by atoms with van der Waals surface area (Å²) in [5, 5.41) is 6.70. The zero-order valence-corrected chi connectivity index (χ0v) is 14.1. The molecule has 0 saturated carbocycles. The van der Waals surface area contributed by atoms with E-state index in [2.05, 4.69) is 25.4 Å². The smallest absolute Gasteiger partial charge is 0.226 e. The molecule has 10 heteroatoms. The molecule has 1 amide bonds. The minimum Gasteiger partial charge on any atom is -0.355 e. The van der Waals surface area contributed by atoms with Gasteiger partial charge in [-0.25, -0.2) is 28.4 Å². The first kappa shape index (κ1) is 17.0. The third-order valence-electron chi connectivity index (χ3n) is 4.34. The summed E-state index contributed by atoms with van der Waals surface area (Å²) < 4.78 is 28.0. The Morgan fingerprint density at radius 1 is 1.15 bits per heavy atom. The zero-order valence-electron chi connectivity index (χ0n) is 14.1. The van der Waals surface area contributed by atoms with E-state index in [1.165, 1.54) is 29.7 Å². The molecule has 1 fully saturated rings. The molecule has 3 heterocycles. The molecule has 0 unspecified atom stereocenters. The van der Waals surface area contributed by atoms with Crippen LogP contribution in [0.5, 0.6) is 0 Å². The van der Waals surface area contributed by atoms with Crippen LogP contribution in [0.15, 0.2) is 43.2 Å². The monoisotopic (exact) mass is 371 g/mol. The lowest BCUT2D eigenvalue weighted by molar-refractivity contribution is -0.125. The highest BCUT2D eigenvalue weighted by Gasteiger charge is 2.33. The Labute approximate surface area is 152 Å². The Morgan fingerprint density at radius 3 is 2.70 bits per heavy atom. The normalized spacial score (nSPS) is 14.1. The number of aromatic nitrogens is 5. The molecule has 1 aromatic carbocycles. The summed E-state index contributed by atoms with van der Waals surface area (Å²) in [7, 11) is 0. The van der Waals surface area contributed by atoms with Crippen molar-refractivity contribution in [2.45, 2.75) is 6.54 Å². The molecule has 8 nitrogen and oxygen atoms in total. The van der Waals surface area contributed by atoms with E-state index in [-0.39, 0.29) is 23.9 Å². The van der Waals surface area contributed by atoms with E-state index in [9.17, 15) is 13.6 Å². The molecule has 1 aliphatic rings. The second-order valence-corrected chi connectivity index (χ2v) is 6.13. The van der Waals surface area contributed by atoms with Crippen molar-refractivity contribution in [3.63, 3.8) is 0 Å². The minimum absolute atomic E-state index is 0.0192. The van der Waals surface area contributed by atoms with E-state index in [4.69, 9.17) is 0 Å². The molecule has 4 rings (SSSR count). The quantitative estimate of drug-likeness (QED) is 0.722. The number of carbonyl (C=O) groups excluding carboxylic acids is 1. The predicted octanol–water partition coefficient (Wildman–Crippen LogP) is 1.09. The first-order valence-corrected chi connectivity index (χ1v) is 8.24. The van der Waals surface area contributed by atoms with Crippen molar-refractivity contribution in [1.29, 1.82) is 0 Å². The van der Waals surface area contributed by atoms with Gasteiger partial charge in [-0.15, -0.1) is 0 Å². The van der Waals surface area contributed by atoms with Crippen LogP contribution in [0, 0.1) is 17.6 Å². The number of carbonyl (C=O) groups is 1. The average Bonchev–Trinajstić information content (AvgIpc) is 3.15. The van der Waals surface area contributed by atoms with Crippen LogP contribution in [-0.2, 0) is 11.3 Å². The van der Waals surface area contributed by atoms with Gasteiger partial charge in [0.1, 0.15) is 36.4 Å². The van der Waals surface area contributed by atoms with Crippen molar-refractivity contribution in [3.8, 4) is 5.82 Å². The molecule has 27 heavy (non-hydrogen) atoms. The van der Waals surface area contributed by atoms with Crippen molar-refractivity contribution < 1.29 is 13.6 Å². The van der Waals surface area contributed by atoms with Crippen LogP contribution in [0.4, 0.5) is 14.6 Å². The van der Waals surface area contributed by atoms with E-state index in [0.717, 1.165) is 12.1 Å². The summed E-state index contributed by atoms with van der Waals surface area (Å²) >= 11 is 0. The fourth-order valence-electron chi connectivity index (χ4n) is 2.79. The van der Waals surface area contributed by atoms with Gasteiger partial charge in [-0.1, -0.05) is 6.07 Å². The van der Waals surface area contributed by atoms with Gasteiger partial charge < -0.3 is 10.2 Å². The first-order valence-electron chi connectivity index (χ1n) is 8.24. The van der Waals surface area contributed by atoms with Gasteiger partial charge in [-0.05, 0) is 6.07 Å². The molecule has 1 N–H and O–H groups in total. The van der Waals surface area contributed by atoms with Crippen molar-refractivity contribution in [3.05, 3.63) is 60.4 Å². The van der Waals surface area contributed by atoms with Crippen molar-refractivity contribution in [2.24, 2.45) is 5.92 Å². The van der Waals surface area contributed by atoms with Gasteiger partial charge >= 0.3 is 0 Å². The number of hydrogen-bond acceptors (Lipinski definition) is 6. The van der Waals surface area contributed by atoms with Crippen molar-refractivity contribution in [2.75, 3.05) is 18.0 Å². The van der Waals surface area contributed by atoms with Crippen molar-refractivity contribution >= 4 is 11.7 Å². The van der Waals surface area contributed by atoms with Gasteiger partial charge in [-0.3, -0.25) is 4.79 Å². The number of nitrogens with zero attached hydrogens (tertiary/aromatic N) is 6. The Kier molecular flexibility index (Phi) is 4.45. The lowest BCUT2D eigenvalue weighted by Crippen LogP contribution is -2.54. The number of amides is 1. The lowest BCUT2D eigenvalue weighted by Gasteiger charge is -2.39. The maximum absolute atomic E-state index is 13.6. The lowest BCUT2D eigenvalue weighted by atomic mass is 9.99. The van der Waals surface area contributed by atoms with Crippen LogP contribution in [-0.4, -0.2) is 43.7 Å². The molecular weight excluding hydrogens is 356 g/mol. The van der Waals surface area contributed by atoms with E-state index >= 15 is 0 Å². The topological polar surface area (TPSA) is 88.8 Å². The number of benzene rings is 1. The number of halogens is 2. The number of rotatable bonds is 5. The molecular formula is C17H15F2N7O. The van der Waals surface area contributed by atoms with Gasteiger partial charge in [0.25, 0.3) is 0 Å². The third-order valence-corrected chi connectivity index (χ3v) is 4.34. The summed E-state index contributed by atoms with van der Waals surface area (Å²) in [5.74, 6) is -0.459. The Bertz CT molecular complexity index is 958. The first-order chi connectivity index (χ1) is 13.1. The van der Waals surface area contributed by atoms with Crippen LogP contribution >= 0.6 is 0 Å². The number of nitrogens with one attached hydrogen (secondary N) is 1. The second kappa shape index (κ2) is 7.06. The maximum atomic E-state index is 13.6. The number of hydrogen-bond donors (Lipinski definition) is 1. The molecule has 3 aromatic rings. The van der Waals surface area contributed by atoms with E-state index < -0.39 is 11.6 Å². The number of anilines is 1. The molecule has 0 aliphatic carbocycles. The standard InChI is InChI=1S/C17H15F2N7O/c18-13-2-1-11(14(19)3-13)5-21-17(27)12-6-25(7-12)15-4-16(23-9-22-15)26-10-20-8-24-26/h1-4,8-10,12H,5-7H2,(H,21,27). The third kappa shape index (κ3) is 3.59.